The van der Waals surface area contributed by atoms with Crippen LogP contribution in [0.25, 0.3) is 0 Å². The van der Waals surface area contributed by atoms with Gasteiger partial charge in [-0.3, -0.25) is 4.79 Å². The van der Waals surface area contributed by atoms with E-state index >= 15 is 0 Å². The predicted octanol–water partition coefficient (Wildman–Crippen LogP) is 3.57. The normalized spacial score (nSPS) is 25.8. The number of fused-ring (bicyclic) bond motifs is 2. The Morgan fingerprint density at radius 3 is 2.57 bits per heavy atom. The average molecular weight is 427 g/mol. The lowest BCUT2D eigenvalue weighted by Crippen LogP contribution is -2.47. The largest absolute Gasteiger partial charge is 0.445 e. The lowest BCUT2D eigenvalue weighted by Gasteiger charge is -2.40. The number of aliphatic imine (C=N–C) groups is 1. The second kappa shape index (κ2) is 7.08. The zero-order valence-corrected chi connectivity index (χ0v) is 17.4. The molecule has 0 radical (unpaired) electrons. The van der Waals surface area contributed by atoms with Gasteiger partial charge in [-0.25, -0.2) is 0 Å². The van der Waals surface area contributed by atoms with E-state index < -0.39 is 17.6 Å². The van der Waals surface area contributed by atoms with Gasteiger partial charge in [0.1, 0.15) is 6.10 Å². The number of aliphatic hydroxyl groups excluding tert-OH is 1. The number of benzene rings is 2. The molecule has 1 fully saturated rings. The van der Waals surface area contributed by atoms with E-state index in [2.05, 4.69) is 17.1 Å². The maximum absolute atomic E-state index is 12.7. The van der Waals surface area contributed by atoms with E-state index in [0.29, 0.717) is 30.3 Å². The Bertz CT molecular complexity index is 1010. The number of halogens is 1. The van der Waals surface area contributed by atoms with Gasteiger partial charge in [0.2, 0.25) is 5.60 Å². The number of carbonyl (C=O) groups excluding carboxylic acids is 1. The maximum atomic E-state index is 12.7. The third-order valence-corrected chi connectivity index (χ3v) is 6.74. The Morgan fingerprint density at radius 2 is 1.83 bits per heavy atom. The molecule has 156 valence electrons. The molecule has 0 saturated carbocycles. The van der Waals surface area contributed by atoms with Crippen molar-refractivity contribution in [2.75, 3.05) is 13.1 Å². The van der Waals surface area contributed by atoms with Crippen molar-refractivity contribution in [2.45, 2.75) is 43.7 Å². The number of amides is 1. The third-order valence-electron chi connectivity index (χ3n) is 6.49. The summed E-state index contributed by atoms with van der Waals surface area (Å²) < 4.78 is 12.2. The summed E-state index contributed by atoms with van der Waals surface area (Å²) >= 11 is 5.93. The van der Waals surface area contributed by atoms with Crippen LogP contribution < -0.4 is 0 Å². The smallest absolute Gasteiger partial charge is 0.297 e. The highest BCUT2D eigenvalue weighted by Crippen LogP contribution is 2.44. The number of amidine groups is 1. The van der Waals surface area contributed by atoms with Crippen molar-refractivity contribution in [3.63, 3.8) is 0 Å². The molecule has 1 spiro atoms. The van der Waals surface area contributed by atoms with Gasteiger partial charge in [0.15, 0.2) is 0 Å². The fourth-order valence-corrected chi connectivity index (χ4v) is 4.71. The molecule has 6 nitrogen and oxygen atoms in total. The zero-order valence-electron chi connectivity index (χ0n) is 16.7. The minimum atomic E-state index is -1.46. The molecule has 3 heterocycles. The number of nitrogens with zero attached hydrogens (tertiary/aromatic N) is 2. The van der Waals surface area contributed by atoms with E-state index in [4.69, 9.17) is 21.1 Å². The molecular weight excluding hydrogens is 404 g/mol. The van der Waals surface area contributed by atoms with Crippen LogP contribution in [-0.4, -0.2) is 40.6 Å². The van der Waals surface area contributed by atoms with Crippen LogP contribution in [0.4, 0.5) is 0 Å². The van der Waals surface area contributed by atoms with E-state index in [1.165, 1.54) is 11.1 Å². The Labute approximate surface area is 180 Å². The molecule has 2 aromatic carbocycles. The summed E-state index contributed by atoms with van der Waals surface area (Å²) in [5.74, 6) is -0.484. The van der Waals surface area contributed by atoms with Crippen LogP contribution >= 0.6 is 11.6 Å². The van der Waals surface area contributed by atoms with Gasteiger partial charge < -0.3 is 19.5 Å². The fraction of sp³-hybridized carbons (Fsp3) is 0.391. The second-order valence-corrected chi connectivity index (χ2v) is 8.73. The van der Waals surface area contributed by atoms with Crippen molar-refractivity contribution in [1.82, 2.24) is 4.90 Å². The van der Waals surface area contributed by atoms with Gasteiger partial charge in [0.05, 0.1) is 12.2 Å². The Balaban J connectivity index is 1.30. The lowest BCUT2D eigenvalue weighted by molar-refractivity contribution is -0.140. The van der Waals surface area contributed by atoms with E-state index in [-0.39, 0.29) is 11.6 Å². The standard InChI is InChI=1S/C23H23ClN2O4/c1-22(19(27)15-6-8-17(24)9-7-15)20(28)25-21(30-22)26-12-10-23(11-13-26)18-5-3-2-4-16(18)14-29-23/h2-9,19,27H,10-14H2,1H3. The molecule has 1 N–H and O–H groups in total. The molecule has 2 aromatic rings. The van der Waals surface area contributed by atoms with Crippen molar-refractivity contribution < 1.29 is 19.4 Å². The SMILES string of the molecule is CC1(C(O)c2ccc(Cl)cc2)OC(N2CCC3(CC2)OCc2ccccc23)=NC1=O. The van der Waals surface area contributed by atoms with E-state index in [9.17, 15) is 9.90 Å². The molecule has 1 amide bonds. The fourth-order valence-electron chi connectivity index (χ4n) is 4.58. The van der Waals surface area contributed by atoms with Crippen molar-refractivity contribution in [3.8, 4) is 0 Å². The first-order valence-electron chi connectivity index (χ1n) is 10.1. The van der Waals surface area contributed by atoms with Gasteiger partial charge in [-0.1, -0.05) is 48.0 Å². The first kappa shape index (κ1) is 19.5. The number of piperidine rings is 1. The number of rotatable bonds is 2. The molecule has 0 aliphatic carbocycles. The highest BCUT2D eigenvalue weighted by atomic mass is 35.5. The minimum Gasteiger partial charge on any atom is -0.445 e. The van der Waals surface area contributed by atoms with Crippen molar-refractivity contribution >= 4 is 23.5 Å². The quantitative estimate of drug-likeness (QED) is 0.794. The molecule has 5 rings (SSSR count). The number of likely N-dealkylation sites (tertiary alicyclic amines) is 1. The van der Waals surface area contributed by atoms with Crippen LogP contribution in [0.15, 0.2) is 53.5 Å². The second-order valence-electron chi connectivity index (χ2n) is 8.29. The Morgan fingerprint density at radius 1 is 1.13 bits per heavy atom. The highest BCUT2D eigenvalue weighted by Gasteiger charge is 2.51. The van der Waals surface area contributed by atoms with Gasteiger partial charge in [0.25, 0.3) is 11.9 Å². The summed E-state index contributed by atoms with van der Waals surface area (Å²) in [6, 6.07) is 15.3. The van der Waals surface area contributed by atoms with E-state index in [1.807, 2.05) is 17.0 Å². The number of hydrogen-bond acceptors (Lipinski definition) is 5. The number of hydrogen-bond donors (Lipinski definition) is 1. The lowest BCUT2D eigenvalue weighted by atomic mass is 9.84. The summed E-state index contributed by atoms with van der Waals surface area (Å²) in [5.41, 5.74) is 1.32. The number of ether oxygens (including phenoxy) is 2. The van der Waals surface area contributed by atoms with E-state index in [1.54, 1.807) is 31.2 Å². The molecule has 7 heteroatoms. The Kier molecular flexibility index (Phi) is 4.61. The summed E-state index contributed by atoms with van der Waals surface area (Å²) in [5, 5.41) is 11.4. The monoisotopic (exact) mass is 426 g/mol. The van der Waals surface area contributed by atoms with Crippen LogP contribution in [0, 0.1) is 0 Å². The number of aliphatic hydroxyl groups is 1. The molecule has 2 atom stereocenters. The van der Waals surface area contributed by atoms with Gasteiger partial charge >= 0.3 is 0 Å². The zero-order chi connectivity index (χ0) is 20.9. The topological polar surface area (TPSA) is 71.4 Å². The molecule has 1 saturated heterocycles. The highest BCUT2D eigenvalue weighted by molar-refractivity contribution is 6.30. The predicted molar refractivity (Wildman–Crippen MR) is 112 cm³/mol. The summed E-state index contributed by atoms with van der Waals surface area (Å²) in [6.45, 7) is 3.53. The summed E-state index contributed by atoms with van der Waals surface area (Å²) in [4.78, 5) is 18.8. The minimum absolute atomic E-state index is 0.275. The average Bonchev–Trinajstić information content (AvgIpc) is 3.27. The van der Waals surface area contributed by atoms with E-state index in [0.717, 1.165) is 12.8 Å². The van der Waals surface area contributed by atoms with Crippen molar-refractivity contribution in [3.05, 3.63) is 70.2 Å². The molecule has 0 bridgehead atoms. The van der Waals surface area contributed by atoms with Crippen LogP contribution in [0.3, 0.4) is 0 Å². The van der Waals surface area contributed by atoms with Crippen LogP contribution in [-0.2, 0) is 26.5 Å². The first-order valence-corrected chi connectivity index (χ1v) is 10.5. The van der Waals surface area contributed by atoms with Crippen LogP contribution in [0.1, 0.15) is 42.6 Å². The van der Waals surface area contributed by atoms with Gasteiger partial charge in [-0.05, 0) is 48.6 Å². The van der Waals surface area contributed by atoms with Crippen LogP contribution in [0.2, 0.25) is 5.02 Å². The van der Waals surface area contributed by atoms with Gasteiger partial charge in [-0.2, -0.15) is 4.99 Å². The molecule has 2 unspecified atom stereocenters. The molecule has 3 aliphatic rings. The van der Waals surface area contributed by atoms with Crippen molar-refractivity contribution in [2.24, 2.45) is 4.99 Å². The van der Waals surface area contributed by atoms with Gasteiger partial charge in [0, 0.05) is 18.1 Å². The summed E-state index contributed by atoms with van der Waals surface area (Å²) in [6.07, 6.45) is 0.429. The number of carbonyl (C=O) groups is 1. The van der Waals surface area contributed by atoms with Gasteiger partial charge in [-0.15, -0.1) is 0 Å². The van der Waals surface area contributed by atoms with Crippen molar-refractivity contribution in [1.29, 1.82) is 0 Å². The van der Waals surface area contributed by atoms with Crippen LogP contribution in [0.5, 0.6) is 0 Å². The Hall–Kier alpha value is -2.41. The third kappa shape index (κ3) is 3.02. The molecule has 3 aliphatic heterocycles. The molecular formula is C23H23ClN2O4. The molecule has 0 aromatic heterocycles. The maximum Gasteiger partial charge on any atom is 0.297 e. The summed E-state index contributed by atoms with van der Waals surface area (Å²) in [7, 11) is 0. The molecule has 30 heavy (non-hydrogen) atoms. The first-order chi connectivity index (χ1) is 14.4.